The van der Waals surface area contributed by atoms with E-state index in [9.17, 15) is 0 Å². The van der Waals surface area contributed by atoms with Gasteiger partial charge in [0.05, 0.1) is 16.1 Å². The van der Waals surface area contributed by atoms with Crippen LogP contribution in [0.15, 0.2) is 18.2 Å². The second kappa shape index (κ2) is 5.63. The first-order valence-corrected chi connectivity index (χ1v) is 8.12. The molecule has 3 nitrogen and oxygen atoms in total. The number of aromatic nitrogens is 2. The van der Waals surface area contributed by atoms with Crippen molar-refractivity contribution in [2.24, 2.45) is 0 Å². The largest absolute Gasteiger partial charge is 0.369 e. The molecule has 1 aromatic heterocycles. The van der Waals surface area contributed by atoms with Gasteiger partial charge >= 0.3 is 0 Å². The highest BCUT2D eigenvalue weighted by atomic mass is 35.5. The molecule has 0 aliphatic rings. The number of benzene rings is 1. The van der Waals surface area contributed by atoms with Crippen molar-refractivity contribution in [2.45, 2.75) is 38.0 Å². The minimum absolute atomic E-state index is 0.181. The van der Waals surface area contributed by atoms with Crippen LogP contribution in [-0.4, -0.2) is 20.6 Å². The first-order chi connectivity index (χ1) is 9.06. The number of nitrogens with two attached hydrogens (primary N) is 1. The average Bonchev–Trinajstić information content (AvgIpc) is 2.73. The van der Waals surface area contributed by atoms with Crippen molar-refractivity contribution in [2.75, 3.05) is 12.0 Å². The number of thioether (sulfide) groups is 1. The summed E-state index contributed by atoms with van der Waals surface area (Å²) in [6, 6.07) is 5.75. The fourth-order valence-corrected chi connectivity index (χ4v) is 3.54. The van der Waals surface area contributed by atoms with Crippen molar-refractivity contribution < 1.29 is 0 Å². The Balaban J connectivity index is 2.53. The van der Waals surface area contributed by atoms with E-state index in [1.54, 1.807) is 0 Å². The highest BCUT2D eigenvalue weighted by Crippen LogP contribution is 2.35. The van der Waals surface area contributed by atoms with Crippen LogP contribution in [0.25, 0.3) is 11.0 Å². The monoisotopic (exact) mass is 297 g/mol. The van der Waals surface area contributed by atoms with Gasteiger partial charge in [-0.05, 0) is 31.2 Å². The zero-order valence-corrected chi connectivity index (χ0v) is 13.2. The van der Waals surface area contributed by atoms with E-state index < -0.39 is 0 Å². The Kier molecular flexibility index (Phi) is 4.31. The summed E-state index contributed by atoms with van der Waals surface area (Å²) < 4.78 is 2.24. The van der Waals surface area contributed by atoms with Gasteiger partial charge in [0.2, 0.25) is 5.95 Å². The molecule has 0 saturated heterocycles. The van der Waals surface area contributed by atoms with Crippen molar-refractivity contribution in [1.82, 2.24) is 9.55 Å². The quantitative estimate of drug-likeness (QED) is 0.900. The van der Waals surface area contributed by atoms with Gasteiger partial charge in [0, 0.05) is 11.3 Å². The lowest BCUT2D eigenvalue weighted by Crippen LogP contribution is -2.29. The number of imidazole rings is 1. The Morgan fingerprint density at radius 3 is 2.63 bits per heavy atom. The minimum Gasteiger partial charge on any atom is -0.369 e. The molecule has 2 rings (SSSR count). The SMILES string of the molecule is CCC(CC)(Cn1c(N)nc2cccc(Cl)c21)SC. The number of para-hydroxylation sites is 1. The number of hydrogen-bond acceptors (Lipinski definition) is 3. The van der Waals surface area contributed by atoms with Crippen LogP contribution in [0.4, 0.5) is 5.95 Å². The van der Waals surface area contributed by atoms with Crippen molar-refractivity contribution in [1.29, 1.82) is 0 Å². The number of halogens is 1. The Morgan fingerprint density at radius 2 is 2.05 bits per heavy atom. The molecule has 5 heteroatoms. The van der Waals surface area contributed by atoms with Gasteiger partial charge in [0.1, 0.15) is 0 Å². The molecule has 0 aliphatic carbocycles. The molecular weight excluding hydrogens is 278 g/mol. The Hall–Kier alpha value is -0.870. The fourth-order valence-electron chi connectivity index (χ4n) is 2.43. The summed E-state index contributed by atoms with van der Waals surface area (Å²) in [5, 5.41) is 0.712. The van der Waals surface area contributed by atoms with E-state index in [1.165, 1.54) is 0 Å². The van der Waals surface area contributed by atoms with Crippen molar-refractivity contribution in [3.05, 3.63) is 23.2 Å². The number of rotatable bonds is 5. The van der Waals surface area contributed by atoms with E-state index in [0.29, 0.717) is 11.0 Å². The van der Waals surface area contributed by atoms with Gasteiger partial charge in [-0.1, -0.05) is 31.5 Å². The lowest BCUT2D eigenvalue weighted by molar-refractivity contribution is 0.476. The first-order valence-electron chi connectivity index (χ1n) is 6.52. The van der Waals surface area contributed by atoms with Crippen molar-refractivity contribution in [3.8, 4) is 0 Å². The Bertz CT molecular complexity index is 567. The molecular formula is C14H20ClN3S. The summed E-state index contributed by atoms with van der Waals surface area (Å²) in [7, 11) is 0. The molecule has 0 unspecified atom stereocenters. The van der Waals surface area contributed by atoms with E-state index in [0.717, 1.165) is 30.4 Å². The van der Waals surface area contributed by atoms with E-state index >= 15 is 0 Å². The second-order valence-electron chi connectivity index (χ2n) is 4.76. The number of fused-ring (bicyclic) bond motifs is 1. The van der Waals surface area contributed by atoms with Gasteiger partial charge in [-0.3, -0.25) is 0 Å². The molecule has 104 valence electrons. The van der Waals surface area contributed by atoms with Crippen LogP contribution in [-0.2, 0) is 6.54 Å². The third-order valence-corrected chi connectivity index (χ3v) is 5.79. The van der Waals surface area contributed by atoms with Gasteiger partial charge in [-0.15, -0.1) is 0 Å². The van der Waals surface area contributed by atoms with Crippen LogP contribution in [0, 0.1) is 0 Å². The Labute approximate surface area is 123 Å². The first kappa shape index (κ1) is 14.5. The lowest BCUT2D eigenvalue weighted by atomic mass is 10.0. The zero-order valence-electron chi connectivity index (χ0n) is 11.6. The maximum Gasteiger partial charge on any atom is 0.201 e. The molecule has 0 saturated carbocycles. The van der Waals surface area contributed by atoms with Crippen LogP contribution in [0.2, 0.25) is 5.02 Å². The summed E-state index contributed by atoms with van der Waals surface area (Å²) in [6.07, 6.45) is 4.34. The van der Waals surface area contributed by atoms with Gasteiger partial charge < -0.3 is 10.3 Å². The molecule has 0 fully saturated rings. The van der Waals surface area contributed by atoms with Crippen molar-refractivity contribution in [3.63, 3.8) is 0 Å². The Morgan fingerprint density at radius 1 is 1.37 bits per heavy atom. The van der Waals surface area contributed by atoms with Crippen LogP contribution < -0.4 is 5.73 Å². The predicted octanol–water partition coefficient (Wildman–Crippen LogP) is 4.19. The zero-order chi connectivity index (χ0) is 14.0. The van der Waals surface area contributed by atoms with Crippen molar-refractivity contribution >= 4 is 40.3 Å². The van der Waals surface area contributed by atoms with E-state index in [-0.39, 0.29) is 4.75 Å². The van der Waals surface area contributed by atoms with Crippen LogP contribution in [0.5, 0.6) is 0 Å². The van der Waals surface area contributed by atoms with E-state index in [1.807, 2.05) is 30.0 Å². The molecule has 1 heterocycles. The summed E-state index contributed by atoms with van der Waals surface area (Å²) in [4.78, 5) is 4.41. The summed E-state index contributed by atoms with van der Waals surface area (Å²) >= 11 is 8.20. The second-order valence-corrected chi connectivity index (χ2v) is 6.44. The third-order valence-electron chi connectivity index (χ3n) is 3.91. The molecule has 0 radical (unpaired) electrons. The number of hydrogen-bond donors (Lipinski definition) is 1. The van der Waals surface area contributed by atoms with Crippen LogP contribution in [0.1, 0.15) is 26.7 Å². The standard InChI is InChI=1S/C14H20ClN3S/c1-4-14(5-2,19-3)9-18-12-10(15)7-6-8-11(12)17-13(18)16/h6-8H,4-5,9H2,1-3H3,(H2,16,17). The number of nitrogens with zero attached hydrogens (tertiary/aromatic N) is 2. The fraction of sp³-hybridized carbons (Fsp3) is 0.500. The molecule has 1 aromatic carbocycles. The summed E-state index contributed by atoms with van der Waals surface area (Å²) in [5.41, 5.74) is 7.89. The molecule has 2 N–H and O–H groups in total. The lowest BCUT2D eigenvalue weighted by Gasteiger charge is -2.30. The highest BCUT2D eigenvalue weighted by molar-refractivity contribution is 8.00. The van der Waals surface area contributed by atoms with Crippen LogP contribution >= 0.6 is 23.4 Å². The number of nitrogen functional groups attached to an aromatic ring is 1. The maximum absolute atomic E-state index is 6.31. The number of anilines is 1. The summed E-state index contributed by atoms with van der Waals surface area (Å²) in [6.45, 7) is 5.28. The van der Waals surface area contributed by atoms with E-state index in [4.69, 9.17) is 17.3 Å². The smallest absolute Gasteiger partial charge is 0.201 e. The molecule has 0 bridgehead atoms. The third kappa shape index (κ3) is 2.56. The molecule has 0 spiro atoms. The minimum atomic E-state index is 0.181. The van der Waals surface area contributed by atoms with Crippen LogP contribution in [0.3, 0.4) is 0 Å². The van der Waals surface area contributed by atoms with Gasteiger partial charge in [0.25, 0.3) is 0 Å². The van der Waals surface area contributed by atoms with Gasteiger partial charge in [-0.25, -0.2) is 4.98 Å². The van der Waals surface area contributed by atoms with Gasteiger partial charge in [0.15, 0.2) is 0 Å². The molecule has 0 atom stereocenters. The topological polar surface area (TPSA) is 43.8 Å². The van der Waals surface area contributed by atoms with Gasteiger partial charge in [-0.2, -0.15) is 11.8 Å². The van der Waals surface area contributed by atoms with E-state index in [2.05, 4.69) is 29.7 Å². The molecule has 2 aromatic rings. The predicted molar refractivity (Wildman–Crippen MR) is 86.0 cm³/mol. The average molecular weight is 298 g/mol. The maximum atomic E-state index is 6.31. The molecule has 0 aliphatic heterocycles. The highest BCUT2D eigenvalue weighted by Gasteiger charge is 2.27. The molecule has 0 amide bonds. The normalized spacial score (nSPS) is 12.2. The molecule has 19 heavy (non-hydrogen) atoms. The summed E-state index contributed by atoms with van der Waals surface area (Å²) in [5.74, 6) is 0.545.